The van der Waals surface area contributed by atoms with Crippen LogP contribution in [0.4, 0.5) is 5.13 Å². The fraction of sp³-hybridized carbons (Fsp3) is 0.769. The molecule has 2 atom stereocenters. The molecule has 1 aromatic heterocycles. The van der Waals surface area contributed by atoms with E-state index >= 15 is 0 Å². The van der Waals surface area contributed by atoms with E-state index in [-0.39, 0.29) is 0 Å². The summed E-state index contributed by atoms with van der Waals surface area (Å²) < 4.78 is 5.24. The lowest BCUT2D eigenvalue weighted by Gasteiger charge is -2.14. The van der Waals surface area contributed by atoms with E-state index in [9.17, 15) is 0 Å². The maximum absolute atomic E-state index is 5.24. The van der Waals surface area contributed by atoms with Gasteiger partial charge >= 0.3 is 0 Å². The number of nitrogens with zero attached hydrogens (tertiary/aromatic N) is 2. The van der Waals surface area contributed by atoms with Crippen LogP contribution >= 0.6 is 11.3 Å². The predicted molar refractivity (Wildman–Crippen MR) is 76.5 cm³/mol. The van der Waals surface area contributed by atoms with Crippen LogP contribution in [0.5, 0.6) is 0 Å². The van der Waals surface area contributed by atoms with Crippen molar-refractivity contribution in [3.8, 4) is 0 Å². The van der Waals surface area contributed by atoms with Crippen LogP contribution in [0.3, 0.4) is 0 Å². The maximum Gasteiger partial charge on any atom is 0.185 e. The number of hydrogen-bond acceptors (Lipinski definition) is 5. The zero-order valence-electron chi connectivity index (χ0n) is 11.7. The smallest absolute Gasteiger partial charge is 0.185 e. The monoisotopic (exact) mass is 269 g/mol. The molecule has 0 radical (unpaired) electrons. The van der Waals surface area contributed by atoms with E-state index in [0.717, 1.165) is 25.4 Å². The largest absolute Gasteiger partial charge is 0.384 e. The molecule has 1 aromatic rings. The minimum absolute atomic E-state index is 0.383. The quantitative estimate of drug-likeness (QED) is 0.889. The summed E-state index contributed by atoms with van der Waals surface area (Å²) >= 11 is 1.82. The van der Waals surface area contributed by atoms with Gasteiger partial charge in [-0.3, -0.25) is 0 Å². The Morgan fingerprint density at radius 1 is 1.61 bits per heavy atom. The molecule has 1 N–H and O–H groups in total. The Balaban J connectivity index is 2.06. The number of anilines is 1. The van der Waals surface area contributed by atoms with Crippen LogP contribution in [0.25, 0.3) is 0 Å². The SMILES string of the molecule is CNC(C)c1sc(N2CCC(COC)C2)nc1C. The van der Waals surface area contributed by atoms with E-state index in [1.54, 1.807) is 7.11 Å². The van der Waals surface area contributed by atoms with Crippen molar-refractivity contribution in [3.05, 3.63) is 10.6 Å². The molecule has 0 saturated carbocycles. The first-order chi connectivity index (χ1) is 8.65. The summed E-state index contributed by atoms with van der Waals surface area (Å²) in [7, 11) is 3.77. The second-order valence-corrected chi connectivity index (χ2v) is 6.02. The van der Waals surface area contributed by atoms with Crippen molar-refractivity contribution in [2.24, 2.45) is 5.92 Å². The molecule has 4 nitrogen and oxygen atoms in total. The molecule has 1 aliphatic rings. The normalized spacial score (nSPS) is 21.6. The number of ether oxygens (including phenoxy) is 1. The number of methoxy groups -OCH3 is 1. The molecular weight excluding hydrogens is 246 g/mol. The number of aryl methyl sites for hydroxylation is 1. The van der Waals surface area contributed by atoms with Gasteiger partial charge in [-0.2, -0.15) is 0 Å². The number of aromatic nitrogens is 1. The average Bonchev–Trinajstić information content (AvgIpc) is 2.95. The highest BCUT2D eigenvalue weighted by Gasteiger charge is 2.25. The molecule has 0 aliphatic carbocycles. The molecule has 2 unspecified atom stereocenters. The Labute approximate surface area is 113 Å². The Morgan fingerprint density at radius 3 is 3.06 bits per heavy atom. The lowest BCUT2D eigenvalue weighted by Crippen LogP contribution is -2.20. The third kappa shape index (κ3) is 2.84. The minimum atomic E-state index is 0.383. The molecule has 0 spiro atoms. The Hall–Kier alpha value is -0.650. The maximum atomic E-state index is 5.24. The predicted octanol–water partition coefficient (Wildman–Crippen LogP) is 2.20. The van der Waals surface area contributed by atoms with Crippen molar-refractivity contribution in [2.75, 3.05) is 38.8 Å². The first-order valence-corrected chi connectivity index (χ1v) is 7.35. The summed E-state index contributed by atoms with van der Waals surface area (Å²) in [5, 5.41) is 4.46. The lowest BCUT2D eigenvalue weighted by molar-refractivity contribution is 0.161. The molecule has 1 fully saturated rings. The first-order valence-electron chi connectivity index (χ1n) is 6.54. The van der Waals surface area contributed by atoms with Crippen LogP contribution in [0.1, 0.15) is 30.0 Å². The summed E-state index contributed by atoms with van der Waals surface area (Å²) in [5.41, 5.74) is 1.16. The van der Waals surface area contributed by atoms with E-state index in [0.29, 0.717) is 12.0 Å². The Morgan fingerprint density at radius 2 is 2.39 bits per heavy atom. The summed E-state index contributed by atoms with van der Waals surface area (Å²) in [4.78, 5) is 8.47. The van der Waals surface area contributed by atoms with Crippen molar-refractivity contribution < 1.29 is 4.74 Å². The van der Waals surface area contributed by atoms with E-state index in [4.69, 9.17) is 9.72 Å². The van der Waals surface area contributed by atoms with Crippen molar-refractivity contribution in [1.29, 1.82) is 0 Å². The number of hydrogen-bond donors (Lipinski definition) is 1. The van der Waals surface area contributed by atoms with Gasteiger partial charge in [0.25, 0.3) is 0 Å². The molecule has 2 rings (SSSR count). The summed E-state index contributed by atoms with van der Waals surface area (Å²) in [5.74, 6) is 0.657. The fourth-order valence-corrected chi connectivity index (χ4v) is 3.60. The topological polar surface area (TPSA) is 37.4 Å². The fourth-order valence-electron chi connectivity index (χ4n) is 2.44. The van der Waals surface area contributed by atoms with Crippen LogP contribution in [-0.2, 0) is 4.74 Å². The zero-order chi connectivity index (χ0) is 13.1. The van der Waals surface area contributed by atoms with E-state index in [1.165, 1.54) is 16.4 Å². The van der Waals surface area contributed by atoms with Crippen molar-refractivity contribution >= 4 is 16.5 Å². The van der Waals surface area contributed by atoms with Gasteiger partial charge in [0, 0.05) is 37.0 Å². The molecule has 2 heterocycles. The van der Waals surface area contributed by atoms with Crippen LogP contribution < -0.4 is 10.2 Å². The molecule has 102 valence electrons. The van der Waals surface area contributed by atoms with Gasteiger partial charge in [0.15, 0.2) is 5.13 Å². The average molecular weight is 269 g/mol. The highest BCUT2D eigenvalue weighted by molar-refractivity contribution is 7.15. The van der Waals surface area contributed by atoms with Gasteiger partial charge in [0.1, 0.15) is 0 Å². The summed E-state index contributed by atoms with van der Waals surface area (Å²) in [6.07, 6.45) is 1.21. The molecule has 18 heavy (non-hydrogen) atoms. The Kier molecular flexibility index (Phi) is 4.59. The summed E-state index contributed by atoms with van der Waals surface area (Å²) in [6, 6.07) is 0.383. The highest BCUT2D eigenvalue weighted by Crippen LogP contribution is 2.33. The summed E-state index contributed by atoms with van der Waals surface area (Å²) in [6.45, 7) is 7.33. The molecule has 0 aromatic carbocycles. The zero-order valence-corrected chi connectivity index (χ0v) is 12.5. The van der Waals surface area contributed by atoms with Crippen molar-refractivity contribution in [3.63, 3.8) is 0 Å². The standard InChI is InChI=1S/C13H23N3OS/c1-9(14-3)12-10(2)15-13(18-12)16-6-5-11(7-16)8-17-4/h9,11,14H,5-8H2,1-4H3. The van der Waals surface area contributed by atoms with E-state index in [2.05, 4.69) is 24.1 Å². The number of rotatable bonds is 5. The molecule has 0 amide bonds. The van der Waals surface area contributed by atoms with Crippen LogP contribution in [0, 0.1) is 12.8 Å². The van der Waals surface area contributed by atoms with E-state index in [1.807, 2.05) is 18.4 Å². The van der Waals surface area contributed by atoms with Gasteiger partial charge in [0.05, 0.1) is 12.3 Å². The van der Waals surface area contributed by atoms with Gasteiger partial charge < -0.3 is 15.0 Å². The third-order valence-corrected chi connectivity index (χ3v) is 5.01. The molecular formula is C13H23N3OS. The molecule has 1 aliphatic heterocycles. The van der Waals surface area contributed by atoms with Crippen molar-refractivity contribution in [1.82, 2.24) is 10.3 Å². The van der Waals surface area contributed by atoms with Gasteiger partial charge in [-0.05, 0) is 27.3 Å². The van der Waals surface area contributed by atoms with Crippen LogP contribution in [0.2, 0.25) is 0 Å². The minimum Gasteiger partial charge on any atom is -0.384 e. The second-order valence-electron chi connectivity index (χ2n) is 5.01. The molecule has 5 heteroatoms. The highest BCUT2D eigenvalue weighted by atomic mass is 32.1. The molecule has 0 bridgehead atoms. The van der Waals surface area contributed by atoms with Crippen LogP contribution in [-0.4, -0.2) is 38.8 Å². The number of thiazole rings is 1. The van der Waals surface area contributed by atoms with Gasteiger partial charge in [0.2, 0.25) is 0 Å². The Bertz CT molecular complexity index is 394. The first kappa shape index (κ1) is 13.8. The lowest BCUT2D eigenvalue weighted by atomic mass is 10.1. The van der Waals surface area contributed by atoms with Crippen molar-refractivity contribution in [2.45, 2.75) is 26.3 Å². The number of nitrogens with one attached hydrogen (secondary N) is 1. The van der Waals surface area contributed by atoms with Crippen LogP contribution in [0.15, 0.2) is 0 Å². The molecule has 1 saturated heterocycles. The third-order valence-electron chi connectivity index (χ3n) is 3.61. The van der Waals surface area contributed by atoms with E-state index < -0.39 is 0 Å². The van der Waals surface area contributed by atoms with Gasteiger partial charge in [-0.15, -0.1) is 11.3 Å². The second kappa shape index (κ2) is 5.99. The van der Waals surface area contributed by atoms with Gasteiger partial charge in [-0.1, -0.05) is 0 Å². The van der Waals surface area contributed by atoms with Gasteiger partial charge in [-0.25, -0.2) is 4.98 Å².